The first-order chi connectivity index (χ1) is 14.3. The van der Waals surface area contributed by atoms with Gasteiger partial charge in [0.25, 0.3) is 10.1 Å². The first-order valence-corrected chi connectivity index (χ1v) is 12.9. The normalized spacial score (nSPS) is 29.7. The Balaban J connectivity index is 1.51. The van der Waals surface area contributed by atoms with E-state index in [9.17, 15) is 17.8 Å². The molecule has 30 heavy (non-hydrogen) atoms. The number of carbonyl (C=O) groups excluding carboxylic acids is 1. The predicted octanol–water partition coefficient (Wildman–Crippen LogP) is 5.30. The molecule has 1 N–H and O–H groups in total. The fourth-order valence-corrected chi connectivity index (χ4v) is 7.36. The van der Waals surface area contributed by atoms with Crippen LogP contribution in [-0.4, -0.2) is 18.9 Å². The van der Waals surface area contributed by atoms with Gasteiger partial charge in [-0.15, -0.1) is 0 Å². The second-order valence-electron chi connectivity index (χ2n) is 9.03. The van der Waals surface area contributed by atoms with E-state index in [0.717, 1.165) is 41.1 Å². The molecule has 4 bridgehead atoms. The molecular weight excluding hydrogens is 515 g/mol. The minimum Gasteiger partial charge on any atom is -0.423 e. The monoisotopic (exact) mass is 538 g/mol. The molecule has 0 aliphatic heterocycles. The number of carbonyl (C=O) groups is 1. The zero-order valence-corrected chi connectivity index (χ0v) is 19.3. The summed E-state index contributed by atoms with van der Waals surface area (Å²) in [4.78, 5) is 12.7. The van der Waals surface area contributed by atoms with Crippen molar-refractivity contribution in [2.45, 2.75) is 42.9 Å². The quantitative estimate of drug-likeness (QED) is 0.248. The minimum atomic E-state index is -4.38. The summed E-state index contributed by atoms with van der Waals surface area (Å²) in [7, 11) is -4.38. The lowest BCUT2D eigenvalue weighted by atomic mass is 9.50. The van der Waals surface area contributed by atoms with Gasteiger partial charge in [-0.1, -0.05) is 0 Å². The predicted molar refractivity (Wildman–Crippen MR) is 120 cm³/mol. The number of ether oxygens (including phenoxy) is 1. The van der Waals surface area contributed by atoms with E-state index in [0.29, 0.717) is 28.7 Å². The topological polar surface area (TPSA) is 80.7 Å². The molecule has 0 amide bonds. The molecule has 0 saturated heterocycles. The van der Waals surface area contributed by atoms with Crippen LogP contribution in [0.25, 0.3) is 0 Å². The Kier molecular flexibility index (Phi) is 5.18. The molecule has 4 fully saturated rings. The van der Waals surface area contributed by atoms with Gasteiger partial charge in [0.15, 0.2) is 0 Å². The second-order valence-corrected chi connectivity index (χ2v) is 11.7. The Morgan fingerprint density at radius 3 is 2.10 bits per heavy atom. The summed E-state index contributed by atoms with van der Waals surface area (Å²) in [5, 5.41) is 0. The van der Waals surface area contributed by atoms with Crippen LogP contribution in [-0.2, 0) is 10.1 Å². The maximum absolute atomic E-state index is 12.8. The standard InChI is InChI=1S/C23H23IO5S/c24-18-2-4-19(5-3-18)29-23(25)15-1-6-21(30(26,27)28)20(12-15)22-16-8-13-7-14(10-16)11-17(22)9-13/h1-6,12-14,16-17,22H,7-11H2,(H,26,27,28). The van der Waals surface area contributed by atoms with Crippen LogP contribution in [0.3, 0.4) is 0 Å². The van der Waals surface area contributed by atoms with Gasteiger partial charge in [0.05, 0.1) is 10.5 Å². The molecule has 6 rings (SSSR count). The van der Waals surface area contributed by atoms with Gasteiger partial charge in [-0.25, -0.2) is 4.79 Å². The summed E-state index contributed by atoms with van der Waals surface area (Å²) >= 11 is 2.18. The molecule has 0 radical (unpaired) electrons. The molecule has 0 aromatic heterocycles. The van der Waals surface area contributed by atoms with Crippen molar-refractivity contribution in [2.24, 2.45) is 23.7 Å². The Morgan fingerprint density at radius 2 is 1.53 bits per heavy atom. The van der Waals surface area contributed by atoms with Gasteiger partial charge in [0, 0.05) is 3.57 Å². The van der Waals surface area contributed by atoms with Gasteiger partial charge in [-0.3, -0.25) is 4.55 Å². The molecular formula is C23H23IO5S. The lowest BCUT2D eigenvalue weighted by Gasteiger charge is -2.54. The van der Waals surface area contributed by atoms with Crippen molar-refractivity contribution in [3.05, 3.63) is 57.2 Å². The third kappa shape index (κ3) is 3.80. The average Bonchev–Trinajstić information content (AvgIpc) is 2.68. The van der Waals surface area contributed by atoms with Gasteiger partial charge in [-0.05, 0) is 132 Å². The van der Waals surface area contributed by atoms with Crippen LogP contribution in [0, 0.1) is 27.2 Å². The van der Waals surface area contributed by atoms with Crippen molar-refractivity contribution in [1.29, 1.82) is 0 Å². The molecule has 5 nitrogen and oxygen atoms in total. The van der Waals surface area contributed by atoms with Crippen LogP contribution in [0.4, 0.5) is 0 Å². The molecule has 2 aromatic carbocycles. The summed E-state index contributed by atoms with van der Waals surface area (Å²) in [6.07, 6.45) is 5.74. The van der Waals surface area contributed by atoms with Crippen molar-refractivity contribution >= 4 is 38.7 Å². The molecule has 158 valence electrons. The van der Waals surface area contributed by atoms with Crippen molar-refractivity contribution in [2.75, 3.05) is 0 Å². The highest BCUT2D eigenvalue weighted by Gasteiger charge is 2.49. The van der Waals surface area contributed by atoms with Gasteiger partial charge in [0.2, 0.25) is 0 Å². The van der Waals surface area contributed by atoms with Gasteiger partial charge < -0.3 is 4.74 Å². The van der Waals surface area contributed by atoms with Crippen molar-refractivity contribution in [3.8, 4) is 5.75 Å². The minimum absolute atomic E-state index is 0.0641. The molecule has 0 heterocycles. The molecule has 0 unspecified atom stereocenters. The fourth-order valence-electron chi connectivity index (χ4n) is 6.27. The smallest absolute Gasteiger partial charge is 0.343 e. The Bertz CT molecular complexity index is 1070. The number of benzene rings is 2. The van der Waals surface area contributed by atoms with Crippen LogP contribution in [0.1, 0.15) is 53.9 Å². The van der Waals surface area contributed by atoms with Crippen LogP contribution >= 0.6 is 22.6 Å². The number of esters is 1. The lowest BCUT2D eigenvalue weighted by Crippen LogP contribution is -2.44. The van der Waals surface area contributed by atoms with E-state index < -0.39 is 16.1 Å². The van der Waals surface area contributed by atoms with E-state index in [2.05, 4.69) is 22.6 Å². The highest BCUT2D eigenvalue weighted by Crippen LogP contribution is 2.60. The molecule has 0 atom stereocenters. The first kappa shape index (κ1) is 20.5. The van der Waals surface area contributed by atoms with Crippen LogP contribution in [0.15, 0.2) is 47.4 Å². The summed E-state index contributed by atoms with van der Waals surface area (Å²) in [6.45, 7) is 0. The Hall–Kier alpha value is -1.45. The van der Waals surface area contributed by atoms with E-state index >= 15 is 0 Å². The maximum Gasteiger partial charge on any atom is 0.343 e. The Labute approximate surface area is 190 Å². The van der Waals surface area contributed by atoms with Gasteiger partial charge in [-0.2, -0.15) is 8.42 Å². The molecule has 2 aromatic rings. The van der Waals surface area contributed by atoms with E-state index in [-0.39, 0.29) is 10.8 Å². The third-order valence-electron chi connectivity index (χ3n) is 7.13. The van der Waals surface area contributed by atoms with E-state index in [1.54, 1.807) is 18.2 Å². The fraction of sp³-hybridized carbons (Fsp3) is 0.435. The zero-order chi connectivity index (χ0) is 21.0. The summed E-state index contributed by atoms with van der Waals surface area (Å²) in [5.74, 6) is 2.31. The van der Waals surface area contributed by atoms with E-state index in [1.165, 1.54) is 18.6 Å². The van der Waals surface area contributed by atoms with Crippen LogP contribution < -0.4 is 4.74 Å². The van der Waals surface area contributed by atoms with Gasteiger partial charge in [0.1, 0.15) is 5.75 Å². The molecule has 4 saturated carbocycles. The highest BCUT2D eigenvalue weighted by molar-refractivity contribution is 14.1. The Morgan fingerprint density at radius 1 is 0.933 bits per heavy atom. The molecule has 0 spiro atoms. The molecule has 4 aliphatic rings. The van der Waals surface area contributed by atoms with Gasteiger partial charge >= 0.3 is 5.97 Å². The SMILES string of the molecule is O=C(Oc1ccc(I)cc1)c1ccc(S(=O)(=O)O)c(C2C3CC4CC(C3)CC2C4)c1. The van der Waals surface area contributed by atoms with Crippen LogP contribution in [0.2, 0.25) is 0 Å². The zero-order valence-electron chi connectivity index (χ0n) is 16.3. The van der Waals surface area contributed by atoms with Crippen molar-refractivity contribution in [3.63, 3.8) is 0 Å². The lowest BCUT2D eigenvalue weighted by molar-refractivity contribution is -0.00372. The number of rotatable bonds is 4. The summed E-state index contributed by atoms with van der Waals surface area (Å²) in [6, 6.07) is 11.6. The molecule has 4 aliphatic carbocycles. The largest absolute Gasteiger partial charge is 0.423 e. The second kappa shape index (κ2) is 7.60. The van der Waals surface area contributed by atoms with E-state index in [1.807, 2.05) is 12.1 Å². The van der Waals surface area contributed by atoms with Crippen molar-refractivity contribution in [1.82, 2.24) is 0 Å². The van der Waals surface area contributed by atoms with E-state index in [4.69, 9.17) is 4.74 Å². The molecule has 7 heteroatoms. The first-order valence-electron chi connectivity index (χ1n) is 10.4. The van der Waals surface area contributed by atoms with Crippen LogP contribution in [0.5, 0.6) is 5.75 Å². The average molecular weight is 538 g/mol. The number of hydrogen-bond acceptors (Lipinski definition) is 4. The summed E-state index contributed by atoms with van der Waals surface area (Å²) in [5.41, 5.74) is 0.896. The summed E-state index contributed by atoms with van der Waals surface area (Å²) < 4.78 is 40.7. The highest BCUT2D eigenvalue weighted by atomic mass is 127. The maximum atomic E-state index is 12.8. The van der Waals surface area contributed by atoms with Crippen molar-refractivity contribution < 1.29 is 22.5 Å². The third-order valence-corrected chi connectivity index (χ3v) is 8.78. The number of halogens is 1. The number of hydrogen-bond donors (Lipinski definition) is 1.